The van der Waals surface area contributed by atoms with E-state index in [1.807, 2.05) is 0 Å². The molecule has 0 radical (unpaired) electrons. The highest BCUT2D eigenvalue weighted by Crippen LogP contribution is 2.45. The summed E-state index contributed by atoms with van der Waals surface area (Å²) in [6, 6.07) is 0. The third-order valence-corrected chi connectivity index (χ3v) is 21.1. The van der Waals surface area contributed by atoms with Crippen molar-refractivity contribution in [2.24, 2.45) is 11.8 Å². The lowest BCUT2D eigenvalue weighted by atomic mass is 10.0. The number of carbonyl (C=O) groups excluding carboxylic acids is 4. The van der Waals surface area contributed by atoms with Crippen LogP contribution in [0.5, 0.6) is 0 Å². The van der Waals surface area contributed by atoms with Gasteiger partial charge in [-0.15, -0.1) is 0 Å². The first-order valence-electron chi connectivity index (χ1n) is 42.5. The summed E-state index contributed by atoms with van der Waals surface area (Å²) in [6.07, 6.45) is 64.0. The molecule has 17 nitrogen and oxygen atoms in total. The summed E-state index contributed by atoms with van der Waals surface area (Å²) < 4.78 is 68.6. The molecule has 0 saturated heterocycles. The molecule has 600 valence electrons. The number of hydrogen-bond acceptors (Lipinski definition) is 15. The maximum absolute atomic E-state index is 13.1. The normalized spacial score (nSPS) is 13.9. The minimum atomic E-state index is -4.96. The van der Waals surface area contributed by atoms with Gasteiger partial charge in [0.1, 0.15) is 19.3 Å². The van der Waals surface area contributed by atoms with E-state index in [1.54, 1.807) is 0 Å². The summed E-state index contributed by atoms with van der Waals surface area (Å²) in [6.45, 7) is 9.67. The Morgan fingerprint density at radius 1 is 0.267 bits per heavy atom. The van der Waals surface area contributed by atoms with E-state index in [0.717, 1.165) is 115 Å². The minimum Gasteiger partial charge on any atom is -0.462 e. The maximum atomic E-state index is 13.1. The molecule has 0 fully saturated rings. The highest BCUT2D eigenvalue weighted by Gasteiger charge is 2.30. The quantitative estimate of drug-likeness (QED) is 0.0222. The van der Waals surface area contributed by atoms with Gasteiger partial charge in [-0.3, -0.25) is 37.3 Å². The summed E-state index contributed by atoms with van der Waals surface area (Å²) in [5.41, 5.74) is 0. The fraction of sp³-hybridized carbons (Fsp3) is 0.951. The van der Waals surface area contributed by atoms with Crippen LogP contribution in [0, 0.1) is 11.8 Å². The Balaban J connectivity index is 5.17. The second-order valence-electron chi connectivity index (χ2n) is 30.5. The Labute approximate surface area is 619 Å². The van der Waals surface area contributed by atoms with Gasteiger partial charge in [0, 0.05) is 25.7 Å². The molecule has 101 heavy (non-hydrogen) atoms. The highest BCUT2D eigenvalue weighted by molar-refractivity contribution is 7.47. The molecule has 0 aliphatic rings. The van der Waals surface area contributed by atoms with Gasteiger partial charge in [0.2, 0.25) is 0 Å². The van der Waals surface area contributed by atoms with Crippen LogP contribution in [0.2, 0.25) is 0 Å². The number of aliphatic hydroxyl groups is 1. The van der Waals surface area contributed by atoms with Gasteiger partial charge < -0.3 is 33.8 Å². The van der Waals surface area contributed by atoms with E-state index in [-0.39, 0.29) is 25.7 Å². The first kappa shape index (κ1) is 99.1. The first-order chi connectivity index (χ1) is 48.9. The smallest absolute Gasteiger partial charge is 0.462 e. The summed E-state index contributed by atoms with van der Waals surface area (Å²) in [5, 5.41) is 10.6. The zero-order valence-electron chi connectivity index (χ0n) is 66.2. The molecule has 0 aromatic heterocycles. The predicted octanol–water partition coefficient (Wildman–Crippen LogP) is 24.7. The Kier molecular flexibility index (Phi) is 72.2. The van der Waals surface area contributed by atoms with Gasteiger partial charge >= 0.3 is 39.5 Å². The number of esters is 4. The Morgan fingerprint density at radius 2 is 0.455 bits per heavy atom. The van der Waals surface area contributed by atoms with Crippen LogP contribution < -0.4 is 0 Å². The van der Waals surface area contributed by atoms with Crippen LogP contribution >= 0.6 is 15.6 Å². The van der Waals surface area contributed by atoms with Gasteiger partial charge in [0.25, 0.3) is 0 Å². The standard InChI is InChI=1S/C82H160O17P2/c1-7-9-11-13-15-16-17-18-19-26-32-37-42-48-54-60-66-81(86)98-77(70-92-79(84)64-58-52-44-14-12-10-8-2)72-96-100(88,89)94-68-76(83)69-95-101(90,91)97-73-78(99-82(87)67-61-55-49-43-38-33-28-23-21-25-30-35-40-46-51-57-63-75(5)6)71-93-80(85)65-59-53-47-41-36-31-27-22-20-24-29-34-39-45-50-56-62-74(3)4/h74-78,83H,7-73H2,1-6H3,(H,88,89)(H,90,91)/t76-,77+,78+/m0/s1. The van der Waals surface area contributed by atoms with Gasteiger partial charge in [0.15, 0.2) is 12.2 Å². The number of phosphoric acid groups is 2. The number of ether oxygens (including phenoxy) is 4. The molecule has 0 aliphatic heterocycles. The molecule has 0 saturated carbocycles. The van der Waals surface area contributed by atoms with Crippen LogP contribution in [0.15, 0.2) is 0 Å². The Hall–Kier alpha value is -1.94. The number of unbranched alkanes of at least 4 members (excludes halogenated alkanes) is 51. The van der Waals surface area contributed by atoms with Crippen molar-refractivity contribution in [1.29, 1.82) is 0 Å². The van der Waals surface area contributed by atoms with E-state index in [2.05, 4.69) is 41.5 Å². The third-order valence-electron chi connectivity index (χ3n) is 19.2. The largest absolute Gasteiger partial charge is 0.472 e. The van der Waals surface area contributed by atoms with E-state index >= 15 is 0 Å². The number of hydrogen-bond donors (Lipinski definition) is 3. The molecule has 0 bridgehead atoms. The molecule has 3 N–H and O–H groups in total. The minimum absolute atomic E-state index is 0.108. The van der Waals surface area contributed by atoms with Crippen molar-refractivity contribution in [3.63, 3.8) is 0 Å². The Morgan fingerprint density at radius 3 is 0.673 bits per heavy atom. The topological polar surface area (TPSA) is 237 Å². The van der Waals surface area contributed by atoms with E-state index in [9.17, 15) is 43.2 Å². The monoisotopic (exact) mass is 1480 g/mol. The Bertz CT molecular complexity index is 1940. The van der Waals surface area contributed by atoms with E-state index in [1.165, 1.54) is 238 Å². The SMILES string of the molecule is CCCCCCCCCCCCCCCCCCC(=O)O[C@H](COC(=O)CCCCCCCCC)COP(=O)(O)OC[C@H](O)COP(=O)(O)OC[C@@H](COC(=O)CCCCCCCCCCCCCCCCCCC(C)C)OC(=O)CCCCCCCCCCCCCCCCCCC(C)C. The fourth-order valence-corrected chi connectivity index (χ4v) is 14.3. The first-order valence-corrected chi connectivity index (χ1v) is 45.5. The molecular formula is C82H160O17P2. The average Bonchev–Trinajstić information content (AvgIpc) is 0.930. The summed E-state index contributed by atoms with van der Waals surface area (Å²) >= 11 is 0. The van der Waals surface area contributed by atoms with Gasteiger partial charge in [-0.25, -0.2) is 9.13 Å². The van der Waals surface area contributed by atoms with Crippen LogP contribution in [0.25, 0.3) is 0 Å². The van der Waals surface area contributed by atoms with Crippen LogP contribution in [0.4, 0.5) is 0 Å². The van der Waals surface area contributed by atoms with Crippen molar-refractivity contribution in [1.82, 2.24) is 0 Å². The molecule has 0 amide bonds. The number of rotatable bonds is 81. The van der Waals surface area contributed by atoms with Crippen molar-refractivity contribution in [3.05, 3.63) is 0 Å². The summed E-state index contributed by atoms with van der Waals surface area (Å²) in [7, 11) is -9.92. The van der Waals surface area contributed by atoms with Crippen molar-refractivity contribution >= 4 is 39.5 Å². The molecule has 5 atom stereocenters. The van der Waals surface area contributed by atoms with E-state index < -0.39 is 97.5 Å². The predicted molar refractivity (Wildman–Crippen MR) is 414 cm³/mol. The van der Waals surface area contributed by atoms with Crippen LogP contribution in [0.3, 0.4) is 0 Å². The summed E-state index contributed by atoms with van der Waals surface area (Å²) in [5.74, 6) is -0.489. The zero-order chi connectivity index (χ0) is 74.2. The highest BCUT2D eigenvalue weighted by atomic mass is 31.2. The third kappa shape index (κ3) is 76.1. The molecule has 0 aromatic rings. The van der Waals surface area contributed by atoms with Gasteiger partial charge in [-0.05, 0) is 37.5 Å². The van der Waals surface area contributed by atoms with E-state index in [4.69, 9.17) is 37.0 Å². The molecule has 0 aliphatic carbocycles. The van der Waals surface area contributed by atoms with Crippen LogP contribution in [-0.4, -0.2) is 96.7 Å². The number of aliphatic hydroxyl groups excluding tert-OH is 1. The average molecular weight is 1480 g/mol. The second kappa shape index (κ2) is 73.6. The van der Waals surface area contributed by atoms with Gasteiger partial charge in [-0.1, -0.05) is 382 Å². The van der Waals surface area contributed by atoms with Crippen molar-refractivity contribution in [2.45, 2.75) is 452 Å². The lowest BCUT2D eigenvalue weighted by Crippen LogP contribution is -2.30. The van der Waals surface area contributed by atoms with Crippen LogP contribution in [0.1, 0.15) is 433 Å². The van der Waals surface area contributed by atoms with Gasteiger partial charge in [-0.2, -0.15) is 0 Å². The lowest BCUT2D eigenvalue weighted by Gasteiger charge is -2.21. The molecule has 0 aromatic carbocycles. The second-order valence-corrected chi connectivity index (χ2v) is 33.4. The molecule has 2 unspecified atom stereocenters. The molecule has 0 heterocycles. The number of phosphoric ester groups is 2. The van der Waals surface area contributed by atoms with Crippen molar-refractivity contribution < 1.29 is 80.2 Å². The molecular weight excluding hydrogens is 1320 g/mol. The summed E-state index contributed by atoms with van der Waals surface area (Å²) in [4.78, 5) is 72.9. The molecule has 0 rings (SSSR count). The maximum Gasteiger partial charge on any atom is 0.472 e. The molecule has 19 heteroatoms. The zero-order valence-corrected chi connectivity index (χ0v) is 68.0. The van der Waals surface area contributed by atoms with Crippen molar-refractivity contribution in [2.75, 3.05) is 39.6 Å². The lowest BCUT2D eigenvalue weighted by molar-refractivity contribution is -0.161. The van der Waals surface area contributed by atoms with Crippen molar-refractivity contribution in [3.8, 4) is 0 Å². The number of carbonyl (C=O) groups is 4. The van der Waals surface area contributed by atoms with E-state index in [0.29, 0.717) is 25.7 Å². The molecule has 0 spiro atoms. The van der Waals surface area contributed by atoms with Crippen LogP contribution in [-0.2, 0) is 65.4 Å². The van der Waals surface area contributed by atoms with Gasteiger partial charge in [0.05, 0.1) is 26.4 Å². The fourth-order valence-electron chi connectivity index (χ4n) is 12.7.